The minimum Gasteiger partial charge on any atom is -0.481 e. The highest BCUT2D eigenvalue weighted by atomic mass is 16.4. The average molecular weight is 168 g/mol. The monoisotopic (exact) mass is 168 g/mol. The van der Waals surface area contributed by atoms with Gasteiger partial charge in [0, 0.05) is 0 Å². The fourth-order valence-corrected chi connectivity index (χ4v) is 0.997. The van der Waals surface area contributed by atoms with E-state index in [-0.39, 0.29) is 12.3 Å². The van der Waals surface area contributed by atoms with Gasteiger partial charge in [0.15, 0.2) is 0 Å². The van der Waals surface area contributed by atoms with Crippen molar-refractivity contribution in [3.05, 3.63) is 24.8 Å². The van der Waals surface area contributed by atoms with Crippen molar-refractivity contribution in [2.75, 3.05) is 0 Å². The van der Waals surface area contributed by atoms with Gasteiger partial charge in [0.2, 0.25) is 0 Å². The van der Waals surface area contributed by atoms with Crippen LogP contribution in [-0.2, 0) is 4.79 Å². The second kappa shape index (κ2) is 6.65. The highest BCUT2D eigenvalue weighted by Gasteiger charge is 2.06. The molecule has 0 aliphatic heterocycles. The van der Waals surface area contributed by atoms with Crippen LogP contribution in [-0.4, -0.2) is 11.1 Å². The summed E-state index contributed by atoms with van der Waals surface area (Å²) in [7, 11) is 0. The van der Waals surface area contributed by atoms with Crippen molar-refractivity contribution < 1.29 is 9.90 Å². The summed E-state index contributed by atoms with van der Waals surface area (Å²) >= 11 is 0. The van der Waals surface area contributed by atoms with E-state index in [2.05, 4.69) is 6.58 Å². The lowest BCUT2D eigenvalue weighted by molar-refractivity contribution is -0.137. The third-order valence-corrected chi connectivity index (χ3v) is 1.55. The van der Waals surface area contributed by atoms with Crippen LogP contribution in [0.5, 0.6) is 0 Å². The number of allylic oxidation sites excluding steroid dienone is 3. The maximum Gasteiger partial charge on any atom is 0.303 e. The molecule has 0 bridgehead atoms. The molecule has 0 heterocycles. The Morgan fingerprint density at radius 2 is 2.33 bits per heavy atom. The second-order valence-corrected chi connectivity index (χ2v) is 2.72. The molecule has 2 nitrogen and oxygen atoms in total. The summed E-state index contributed by atoms with van der Waals surface area (Å²) in [4.78, 5) is 10.4. The molecule has 0 aromatic rings. The molecule has 0 rings (SSSR count). The summed E-state index contributed by atoms with van der Waals surface area (Å²) in [5.41, 5.74) is 0. The van der Waals surface area contributed by atoms with Crippen LogP contribution in [0.1, 0.15) is 26.2 Å². The summed E-state index contributed by atoms with van der Waals surface area (Å²) < 4.78 is 0. The number of carboxylic acid groups (broad SMARTS) is 1. The largest absolute Gasteiger partial charge is 0.481 e. The molecule has 2 heteroatoms. The highest BCUT2D eigenvalue weighted by molar-refractivity contribution is 5.67. The number of carbonyl (C=O) groups is 1. The average Bonchev–Trinajstić information content (AvgIpc) is 2.00. The molecular weight excluding hydrogens is 152 g/mol. The zero-order chi connectivity index (χ0) is 9.40. The van der Waals surface area contributed by atoms with Crippen LogP contribution in [0.2, 0.25) is 0 Å². The summed E-state index contributed by atoms with van der Waals surface area (Å²) in [5.74, 6) is -0.637. The molecule has 0 fully saturated rings. The predicted molar refractivity (Wildman–Crippen MR) is 50.0 cm³/mol. The number of aliphatic carboxylic acids is 1. The van der Waals surface area contributed by atoms with E-state index in [4.69, 9.17) is 5.11 Å². The SMILES string of the molecule is C=CC[C@@H](/C=C/CC)CC(=O)O. The van der Waals surface area contributed by atoms with Crippen LogP contribution in [0, 0.1) is 5.92 Å². The minimum atomic E-state index is -0.748. The van der Waals surface area contributed by atoms with E-state index in [0.29, 0.717) is 0 Å². The van der Waals surface area contributed by atoms with Gasteiger partial charge in [-0.15, -0.1) is 6.58 Å². The first-order valence-corrected chi connectivity index (χ1v) is 4.20. The zero-order valence-electron chi connectivity index (χ0n) is 7.49. The summed E-state index contributed by atoms with van der Waals surface area (Å²) in [6.45, 7) is 5.62. The highest BCUT2D eigenvalue weighted by Crippen LogP contribution is 2.11. The Hall–Kier alpha value is -1.05. The van der Waals surface area contributed by atoms with Gasteiger partial charge in [0.25, 0.3) is 0 Å². The van der Waals surface area contributed by atoms with Crippen molar-refractivity contribution >= 4 is 5.97 Å². The van der Waals surface area contributed by atoms with Crippen molar-refractivity contribution in [2.45, 2.75) is 26.2 Å². The molecule has 0 aliphatic carbocycles. The van der Waals surface area contributed by atoms with Crippen LogP contribution >= 0.6 is 0 Å². The minimum absolute atomic E-state index is 0.111. The van der Waals surface area contributed by atoms with Crippen LogP contribution in [0.15, 0.2) is 24.8 Å². The van der Waals surface area contributed by atoms with Gasteiger partial charge < -0.3 is 5.11 Å². The van der Waals surface area contributed by atoms with Crippen molar-refractivity contribution in [1.82, 2.24) is 0 Å². The number of hydrogen-bond acceptors (Lipinski definition) is 1. The molecule has 0 aliphatic rings. The van der Waals surface area contributed by atoms with E-state index < -0.39 is 5.97 Å². The fraction of sp³-hybridized carbons (Fsp3) is 0.500. The van der Waals surface area contributed by atoms with Crippen molar-refractivity contribution in [3.8, 4) is 0 Å². The molecule has 0 radical (unpaired) electrons. The molecule has 0 unspecified atom stereocenters. The molecule has 1 N–H and O–H groups in total. The lowest BCUT2D eigenvalue weighted by atomic mass is 10.0. The molecule has 68 valence electrons. The molecule has 0 saturated carbocycles. The first kappa shape index (κ1) is 11.0. The van der Waals surface area contributed by atoms with Crippen LogP contribution in [0.3, 0.4) is 0 Å². The Labute approximate surface area is 73.6 Å². The van der Waals surface area contributed by atoms with E-state index >= 15 is 0 Å². The first-order chi connectivity index (χ1) is 5.70. The summed E-state index contributed by atoms with van der Waals surface area (Å²) in [6, 6.07) is 0. The Kier molecular flexibility index (Phi) is 6.07. The Balaban J connectivity index is 3.93. The number of rotatable bonds is 6. The van der Waals surface area contributed by atoms with E-state index in [0.717, 1.165) is 12.8 Å². The lowest BCUT2D eigenvalue weighted by Gasteiger charge is -2.05. The second-order valence-electron chi connectivity index (χ2n) is 2.72. The molecule has 0 aromatic carbocycles. The normalized spacial score (nSPS) is 13.1. The van der Waals surface area contributed by atoms with Gasteiger partial charge in [-0.1, -0.05) is 25.2 Å². The van der Waals surface area contributed by atoms with Gasteiger partial charge in [-0.3, -0.25) is 4.79 Å². The quantitative estimate of drug-likeness (QED) is 0.619. The zero-order valence-corrected chi connectivity index (χ0v) is 7.49. The smallest absolute Gasteiger partial charge is 0.303 e. The molecule has 12 heavy (non-hydrogen) atoms. The van der Waals surface area contributed by atoms with Crippen molar-refractivity contribution in [2.24, 2.45) is 5.92 Å². The predicted octanol–water partition coefficient (Wildman–Crippen LogP) is 2.62. The Morgan fingerprint density at radius 3 is 2.75 bits per heavy atom. The number of carboxylic acids is 1. The number of hydrogen-bond donors (Lipinski definition) is 1. The molecule has 1 atom stereocenters. The van der Waals surface area contributed by atoms with Gasteiger partial charge in [-0.05, 0) is 18.8 Å². The third kappa shape index (κ3) is 5.71. The van der Waals surface area contributed by atoms with Crippen LogP contribution in [0.25, 0.3) is 0 Å². The topological polar surface area (TPSA) is 37.3 Å². The molecule has 0 aromatic heterocycles. The molecule has 0 amide bonds. The Morgan fingerprint density at radius 1 is 1.67 bits per heavy atom. The fourth-order valence-electron chi connectivity index (χ4n) is 0.997. The Bertz CT molecular complexity index is 171. The summed E-state index contributed by atoms with van der Waals surface area (Å²) in [5, 5.41) is 8.54. The maximum absolute atomic E-state index is 10.4. The van der Waals surface area contributed by atoms with E-state index in [1.54, 1.807) is 6.08 Å². The molecule has 0 spiro atoms. The lowest BCUT2D eigenvalue weighted by Crippen LogP contribution is -2.04. The van der Waals surface area contributed by atoms with Crippen molar-refractivity contribution in [1.29, 1.82) is 0 Å². The van der Waals surface area contributed by atoms with Crippen molar-refractivity contribution in [3.63, 3.8) is 0 Å². The van der Waals surface area contributed by atoms with Crippen LogP contribution < -0.4 is 0 Å². The van der Waals surface area contributed by atoms with E-state index in [9.17, 15) is 4.79 Å². The third-order valence-electron chi connectivity index (χ3n) is 1.55. The van der Waals surface area contributed by atoms with Gasteiger partial charge in [-0.2, -0.15) is 0 Å². The van der Waals surface area contributed by atoms with Gasteiger partial charge in [-0.25, -0.2) is 0 Å². The van der Waals surface area contributed by atoms with Crippen LogP contribution in [0.4, 0.5) is 0 Å². The maximum atomic E-state index is 10.4. The molecule has 0 saturated heterocycles. The van der Waals surface area contributed by atoms with Gasteiger partial charge in [0.05, 0.1) is 6.42 Å². The standard InChI is InChI=1S/C10H16O2/c1-3-5-7-9(6-4-2)8-10(11)12/h4-5,7,9H,2-3,6,8H2,1H3,(H,11,12)/b7-5+/t9-/m0/s1. The van der Waals surface area contributed by atoms with E-state index in [1.807, 2.05) is 19.1 Å². The molecular formula is C10H16O2. The van der Waals surface area contributed by atoms with E-state index in [1.165, 1.54) is 0 Å². The first-order valence-electron chi connectivity index (χ1n) is 4.20. The van der Waals surface area contributed by atoms with Gasteiger partial charge >= 0.3 is 5.97 Å². The van der Waals surface area contributed by atoms with Gasteiger partial charge in [0.1, 0.15) is 0 Å². The summed E-state index contributed by atoms with van der Waals surface area (Å²) in [6.07, 6.45) is 7.60.